The van der Waals surface area contributed by atoms with Crippen molar-refractivity contribution in [1.82, 2.24) is 4.31 Å². The number of halogens is 1. The molecule has 6 nitrogen and oxygen atoms in total. The van der Waals surface area contributed by atoms with Gasteiger partial charge in [0.1, 0.15) is 9.77 Å². The maximum Gasteiger partial charge on any atom is 0.345 e. The zero-order valence-corrected chi connectivity index (χ0v) is 14.1. The number of ether oxygens (including phenoxy) is 1. The number of carboxylic acids is 1. The van der Waals surface area contributed by atoms with Gasteiger partial charge in [-0.2, -0.15) is 4.31 Å². The fourth-order valence-electron chi connectivity index (χ4n) is 2.10. The minimum atomic E-state index is -3.72. The largest absolute Gasteiger partial charge is 0.477 e. The zero-order chi connectivity index (χ0) is 15.1. The Kier molecular flexibility index (Phi) is 4.55. The summed E-state index contributed by atoms with van der Waals surface area (Å²) in [4.78, 5) is 10.9. The van der Waals surface area contributed by atoms with Crippen LogP contribution in [0.4, 0.5) is 0 Å². The van der Waals surface area contributed by atoms with Gasteiger partial charge in [-0.25, -0.2) is 13.2 Å². The lowest BCUT2D eigenvalue weighted by Gasteiger charge is -2.34. The first-order valence-corrected chi connectivity index (χ1v) is 8.95. The maximum absolute atomic E-state index is 12.6. The minimum Gasteiger partial charge on any atom is -0.477 e. The van der Waals surface area contributed by atoms with Gasteiger partial charge in [-0.1, -0.05) is 0 Å². The second-order valence-electron chi connectivity index (χ2n) is 4.63. The fourth-order valence-corrected chi connectivity index (χ4v) is 6.04. The summed E-state index contributed by atoms with van der Waals surface area (Å²) in [5.74, 6) is -1.14. The lowest BCUT2D eigenvalue weighted by atomic mass is 10.3. The molecule has 2 atom stereocenters. The van der Waals surface area contributed by atoms with Gasteiger partial charge in [-0.05, 0) is 35.8 Å². The van der Waals surface area contributed by atoms with Crippen LogP contribution in [0.3, 0.4) is 0 Å². The Hall–Kier alpha value is -0.480. The van der Waals surface area contributed by atoms with E-state index in [1.165, 1.54) is 10.4 Å². The van der Waals surface area contributed by atoms with Crippen molar-refractivity contribution in [3.63, 3.8) is 0 Å². The molecule has 0 spiro atoms. The second kappa shape index (κ2) is 5.72. The highest BCUT2D eigenvalue weighted by Crippen LogP contribution is 2.34. The van der Waals surface area contributed by atoms with Gasteiger partial charge in [0.15, 0.2) is 0 Å². The van der Waals surface area contributed by atoms with Crippen LogP contribution < -0.4 is 0 Å². The quantitative estimate of drug-likeness (QED) is 0.862. The number of hydrogen-bond donors (Lipinski definition) is 1. The Balaban J connectivity index is 2.37. The van der Waals surface area contributed by atoms with Crippen molar-refractivity contribution in [3.05, 3.63) is 14.7 Å². The van der Waals surface area contributed by atoms with Crippen molar-refractivity contribution < 1.29 is 23.1 Å². The number of rotatable bonds is 3. The standard InChI is InChI=1S/C11H14BrNO5S2/c1-6-4-13(5-7(2)18-6)20(16,17)9-3-8(11(14)15)19-10(9)12/h3,6-7H,4-5H2,1-2H3,(H,14,15)/t6-,7+. The van der Waals surface area contributed by atoms with Crippen LogP contribution in [0.1, 0.15) is 23.5 Å². The first-order valence-electron chi connectivity index (χ1n) is 5.90. The first kappa shape index (κ1) is 15.9. The van der Waals surface area contributed by atoms with Crippen LogP contribution in [0, 0.1) is 0 Å². The number of carbonyl (C=O) groups is 1. The van der Waals surface area contributed by atoms with Crippen molar-refractivity contribution in [1.29, 1.82) is 0 Å². The Morgan fingerprint density at radius 3 is 2.45 bits per heavy atom. The fraction of sp³-hybridized carbons (Fsp3) is 0.545. The molecule has 1 aromatic heterocycles. The van der Waals surface area contributed by atoms with Crippen LogP contribution in [-0.2, 0) is 14.8 Å². The van der Waals surface area contributed by atoms with Gasteiger partial charge in [-0.15, -0.1) is 11.3 Å². The molecular formula is C11H14BrNO5S2. The molecule has 0 amide bonds. The van der Waals surface area contributed by atoms with Crippen LogP contribution in [0.25, 0.3) is 0 Å². The number of thiophene rings is 1. The minimum absolute atomic E-state index is 0.00111. The van der Waals surface area contributed by atoms with Crippen molar-refractivity contribution in [3.8, 4) is 0 Å². The van der Waals surface area contributed by atoms with Crippen molar-refractivity contribution in [2.45, 2.75) is 31.0 Å². The molecule has 0 radical (unpaired) electrons. The second-order valence-corrected chi connectivity index (χ2v) is 8.91. The molecule has 2 heterocycles. The van der Waals surface area contributed by atoms with Crippen molar-refractivity contribution in [2.75, 3.05) is 13.1 Å². The normalized spacial score (nSPS) is 24.8. The van der Waals surface area contributed by atoms with Crippen LogP contribution in [0.2, 0.25) is 0 Å². The summed E-state index contributed by atoms with van der Waals surface area (Å²) in [6.07, 6.45) is -0.380. The highest BCUT2D eigenvalue weighted by atomic mass is 79.9. The molecule has 20 heavy (non-hydrogen) atoms. The number of nitrogens with zero attached hydrogens (tertiary/aromatic N) is 1. The first-order chi connectivity index (χ1) is 9.21. The van der Waals surface area contributed by atoms with Gasteiger partial charge >= 0.3 is 5.97 Å². The molecule has 0 aliphatic carbocycles. The number of sulfonamides is 1. The molecule has 0 aromatic carbocycles. The van der Waals surface area contributed by atoms with E-state index in [9.17, 15) is 13.2 Å². The molecule has 1 N–H and O–H groups in total. The van der Waals surface area contributed by atoms with E-state index in [1.807, 2.05) is 13.8 Å². The smallest absolute Gasteiger partial charge is 0.345 e. The van der Waals surface area contributed by atoms with Crippen LogP contribution in [0.15, 0.2) is 14.7 Å². The molecule has 2 rings (SSSR count). The predicted octanol–water partition coefficient (Wildman–Crippen LogP) is 2.01. The maximum atomic E-state index is 12.6. The summed E-state index contributed by atoms with van der Waals surface area (Å²) in [6.45, 7) is 4.14. The number of carboxylic acid groups (broad SMARTS) is 1. The van der Waals surface area contributed by atoms with E-state index >= 15 is 0 Å². The third kappa shape index (κ3) is 3.06. The summed E-state index contributed by atoms with van der Waals surface area (Å²) in [5, 5.41) is 8.94. The zero-order valence-electron chi connectivity index (χ0n) is 10.9. The van der Waals surface area contributed by atoms with E-state index in [4.69, 9.17) is 9.84 Å². The van der Waals surface area contributed by atoms with E-state index in [2.05, 4.69) is 15.9 Å². The number of morpholine rings is 1. The van der Waals surface area contributed by atoms with Crippen LogP contribution in [-0.4, -0.2) is 49.1 Å². The molecule has 0 bridgehead atoms. The third-order valence-electron chi connectivity index (χ3n) is 2.87. The van der Waals surface area contributed by atoms with Crippen LogP contribution >= 0.6 is 27.3 Å². The molecule has 1 saturated heterocycles. The Morgan fingerprint density at radius 1 is 1.45 bits per heavy atom. The lowest BCUT2D eigenvalue weighted by molar-refractivity contribution is -0.0440. The molecule has 1 aliphatic rings. The number of aromatic carboxylic acids is 1. The summed E-state index contributed by atoms with van der Waals surface area (Å²) < 4.78 is 32.3. The molecule has 0 saturated carbocycles. The lowest BCUT2D eigenvalue weighted by Crippen LogP contribution is -2.48. The van der Waals surface area contributed by atoms with E-state index in [1.54, 1.807) is 0 Å². The molecule has 9 heteroatoms. The van der Waals surface area contributed by atoms with Crippen molar-refractivity contribution in [2.24, 2.45) is 0 Å². The number of hydrogen-bond acceptors (Lipinski definition) is 5. The topological polar surface area (TPSA) is 83.9 Å². The summed E-state index contributed by atoms with van der Waals surface area (Å²) in [5.41, 5.74) is 0. The molecule has 0 unspecified atom stereocenters. The van der Waals surface area contributed by atoms with Crippen molar-refractivity contribution >= 4 is 43.3 Å². The highest BCUT2D eigenvalue weighted by Gasteiger charge is 2.34. The molecule has 1 aromatic rings. The Bertz CT molecular complexity index is 617. The summed E-state index contributed by atoms with van der Waals surface area (Å²) in [7, 11) is -3.72. The third-order valence-corrected chi connectivity index (χ3v) is 6.94. The van der Waals surface area contributed by atoms with E-state index in [-0.39, 0.29) is 35.1 Å². The average Bonchev–Trinajstić information content (AvgIpc) is 2.71. The SMILES string of the molecule is C[C@@H]1CN(S(=O)(=O)c2cc(C(=O)O)sc2Br)C[C@H](C)O1. The summed E-state index contributed by atoms with van der Waals surface area (Å²) >= 11 is 4.03. The molecular weight excluding hydrogens is 370 g/mol. The van der Waals surface area contributed by atoms with E-state index in [0.29, 0.717) is 3.79 Å². The van der Waals surface area contributed by atoms with Gasteiger partial charge in [-0.3, -0.25) is 0 Å². The molecule has 112 valence electrons. The van der Waals surface area contributed by atoms with Crippen LogP contribution in [0.5, 0.6) is 0 Å². The van der Waals surface area contributed by atoms with E-state index in [0.717, 1.165) is 11.3 Å². The van der Waals surface area contributed by atoms with Gasteiger partial charge in [0, 0.05) is 13.1 Å². The molecule has 1 fully saturated rings. The highest BCUT2D eigenvalue weighted by molar-refractivity contribution is 9.11. The predicted molar refractivity (Wildman–Crippen MR) is 77.7 cm³/mol. The molecule has 1 aliphatic heterocycles. The Morgan fingerprint density at radius 2 is 2.00 bits per heavy atom. The van der Waals surface area contributed by atoms with Gasteiger partial charge in [0.2, 0.25) is 10.0 Å². The van der Waals surface area contributed by atoms with Gasteiger partial charge in [0.25, 0.3) is 0 Å². The van der Waals surface area contributed by atoms with E-state index < -0.39 is 16.0 Å². The average molecular weight is 384 g/mol. The Labute approximate surface area is 129 Å². The summed E-state index contributed by atoms with van der Waals surface area (Å²) in [6, 6.07) is 1.19. The van der Waals surface area contributed by atoms with Gasteiger partial charge < -0.3 is 9.84 Å². The monoisotopic (exact) mass is 383 g/mol. The van der Waals surface area contributed by atoms with Gasteiger partial charge in [0.05, 0.1) is 16.0 Å².